The molecule has 3 heteroatoms. The number of rotatable bonds is 4. The molecule has 1 aliphatic heterocycles. The van der Waals surface area contributed by atoms with Gasteiger partial charge in [0, 0.05) is 0 Å². The zero-order chi connectivity index (χ0) is 10.6. The van der Waals surface area contributed by atoms with Crippen LogP contribution in [0.25, 0.3) is 0 Å². The fourth-order valence-electron chi connectivity index (χ4n) is 1.72. The van der Waals surface area contributed by atoms with Crippen LogP contribution in [0.3, 0.4) is 0 Å². The van der Waals surface area contributed by atoms with Crippen molar-refractivity contribution in [2.45, 2.75) is 37.6 Å². The molecular formula is C11H18O3. The van der Waals surface area contributed by atoms with Gasteiger partial charge in [-0.2, -0.15) is 0 Å². The molecule has 0 aliphatic carbocycles. The minimum Gasteiger partial charge on any atom is -0.387 e. The highest BCUT2D eigenvalue weighted by molar-refractivity contribution is 5.09. The summed E-state index contributed by atoms with van der Waals surface area (Å²) in [6, 6.07) is 0. The first-order valence-corrected chi connectivity index (χ1v) is 4.95. The molecule has 0 bridgehead atoms. The van der Waals surface area contributed by atoms with Crippen LogP contribution in [0.15, 0.2) is 24.8 Å². The SMILES string of the molecule is C=CC=CC1OCC(O)(CCC)C1O. The zero-order valence-corrected chi connectivity index (χ0v) is 8.52. The smallest absolute Gasteiger partial charge is 0.117 e. The van der Waals surface area contributed by atoms with Crippen molar-refractivity contribution in [1.29, 1.82) is 0 Å². The van der Waals surface area contributed by atoms with Crippen LogP contribution in [0.1, 0.15) is 19.8 Å². The van der Waals surface area contributed by atoms with E-state index in [9.17, 15) is 10.2 Å². The van der Waals surface area contributed by atoms with Crippen LogP contribution >= 0.6 is 0 Å². The average molecular weight is 198 g/mol. The fraction of sp³-hybridized carbons (Fsp3) is 0.636. The summed E-state index contributed by atoms with van der Waals surface area (Å²) >= 11 is 0. The normalized spacial score (nSPS) is 37.9. The van der Waals surface area contributed by atoms with Crippen molar-refractivity contribution in [3.05, 3.63) is 24.8 Å². The van der Waals surface area contributed by atoms with E-state index in [0.29, 0.717) is 6.42 Å². The maximum Gasteiger partial charge on any atom is 0.117 e. The molecular weight excluding hydrogens is 180 g/mol. The van der Waals surface area contributed by atoms with Gasteiger partial charge >= 0.3 is 0 Å². The van der Waals surface area contributed by atoms with Crippen LogP contribution in [0.2, 0.25) is 0 Å². The Bertz CT molecular complexity index is 225. The molecule has 0 radical (unpaired) electrons. The third-order valence-corrected chi connectivity index (χ3v) is 2.51. The van der Waals surface area contributed by atoms with Gasteiger partial charge in [0.05, 0.1) is 6.61 Å². The molecule has 0 aromatic heterocycles. The maximum atomic E-state index is 9.99. The molecule has 0 spiro atoms. The van der Waals surface area contributed by atoms with Gasteiger partial charge in [0.2, 0.25) is 0 Å². The summed E-state index contributed by atoms with van der Waals surface area (Å²) in [6.07, 6.45) is 5.19. The van der Waals surface area contributed by atoms with Crippen LogP contribution < -0.4 is 0 Å². The molecule has 2 N–H and O–H groups in total. The van der Waals surface area contributed by atoms with Crippen LogP contribution in [0, 0.1) is 0 Å². The second-order valence-electron chi connectivity index (χ2n) is 3.69. The van der Waals surface area contributed by atoms with Gasteiger partial charge in [-0.05, 0) is 6.42 Å². The summed E-state index contributed by atoms with van der Waals surface area (Å²) in [5.41, 5.74) is -1.08. The molecule has 1 rings (SSSR count). The third-order valence-electron chi connectivity index (χ3n) is 2.51. The number of aliphatic hydroxyl groups is 2. The van der Waals surface area contributed by atoms with E-state index < -0.39 is 17.8 Å². The highest BCUT2D eigenvalue weighted by Crippen LogP contribution is 2.29. The Balaban J connectivity index is 2.62. The summed E-state index contributed by atoms with van der Waals surface area (Å²) in [5, 5.41) is 19.8. The summed E-state index contributed by atoms with van der Waals surface area (Å²) in [4.78, 5) is 0. The van der Waals surface area contributed by atoms with E-state index >= 15 is 0 Å². The molecule has 0 amide bonds. The van der Waals surface area contributed by atoms with Gasteiger partial charge in [-0.25, -0.2) is 0 Å². The third kappa shape index (κ3) is 2.23. The number of hydrogen-bond acceptors (Lipinski definition) is 3. The lowest BCUT2D eigenvalue weighted by Gasteiger charge is -2.24. The van der Waals surface area contributed by atoms with Gasteiger partial charge in [0.15, 0.2) is 0 Å². The van der Waals surface area contributed by atoms with Crippen molar-refractivity contribution in [3.8, 4) is 0 Å². The standard InChI is InChI=1S/C11H18O3/c1-3-5-6-9-10(12)11(13,7-4-2)8-14-9/h3,5-6,9-10,12-13H,1,4,7-8H2,2H3. The largest absolute Gasteiger partial charge is 0.387 e. The first-order valence-electron chi connectivity index (χ1n) is 4.95. The predicted octanol–water partition coefficient (Wildman–Crippen LogP) is 1.02. The lowest BCUT2D eigenvalue weighted by atomic mass is 9.91. The highest BCUT2D eigenvalue weighted by atomic mass is 16.5. The zero-order valence-electron chi connectivity index (χ0n) is 8.52. The second kappa shape index (κ2) is 4.73. The van der Waals surface area contributed by atoms with Crippen molar-refractivity contribution in [1.82, 2.24) is 0 Å². The second-order valence-corrected chi connectivity index (χ2v) is 3.69. The van der Waals surface area contributed by atoms with E-state index in [1.54, 1.807) is 18.2 Å². The van der Waals surface area contributed by atoms with Crippen molar-refractivity contribution in [3.63, 3.8) is 0 Å². The van der Waals surface area contributed by atoms with E-state index in [2.05, 4.69) is 6.58 Å². The van der Waals surface area contributed by atoms with E-state index in [-0.39, 0.29) is 6.61 Å². The molecule has 0 aromatic carbocycles. The van der Waals surface area contributed by atoms with Gasteiger partial charge in [-0.3, -0.25) is 0 Å². The summed E-state index contributed by atoms with van der Waals surface area (Å²) in [7, 11) is 0. The Morgan fingerprint density at radius 2 is 2.36 bits per heavy atom. The minimum atomic E-state index is -1.08. The minimum absolute atomic E-state index is 0.203. The van der Waals surface area contributed by atoms with Crippen molar-refractivity contribution in [2.24, 2.45) is 0 Å². The van der Waals surface area contributed by atoms with E-state index in [4.69, 9.17) is 4.74 Å². The van der Waals surface area contributed by atoms with Gasteiger partial charge in [-0.1, -0.05) is 38.2 Å². The molecule has 3 nitrogen and oxygen atoms in total. The number of aliphatic hydroxyl groups excluding tert-OH is 1. The lowest BCUT2D eigenvalue weighted by molar-refractivity contribution is -0.0521. The molecule has 3 unspecified atom stereocenters. The van der Waals surface area contributed by atoms with Crippen LogP contribution in [-0.2, 0) is 4.74 Å². The van der Waals surface area contributed by atoms with Gasteiger partial charge in [-0.15, -0.1) is 0 Å². The number of allylic oxidation sites excluding steroid dienone is 2. The van der Waals surface area contributed by atoms with E-state index in [1.807, 2.05) is 6.92 Å². The predicted molar refractivity (Wildman–Crippen MR) is 54.9 cm³/mol. The van der Waals surface area contributed by atoms with Crippen molar-refractivity contribution >= 4 is 0 Å². The molecule has 0 saturated carbocycles. The molecule has 14 heavy (non-hydrogen) atoms. The molecule has 3 atom stereocenters. The fourth-order valence-corrected chi connectivity index (χ4v) is 1.72. The summed E-state index contributed by atoms with van der Waals surface area (Å²) < 4.78 is 5.30. The molecule has 1 heterocycles. The summed E-state index contributed by atoms with van der Waals surface area (Å²) in [6.45, 7) is 5.71. The van der Waals surface area contributed by atoms with Crippen molar-refractivity contribution in [2.75, 3.05) is 6.61 Å². The Morgan fingerprint density at radius 3 is 2.93 bits per heavy atom. The number of ether oxygens (including phenoxy) is 1. The Labute approximate surface area is 84.7 Å². The average Bonchev–Trinajstić information content (AvgIpc) is 2.43. The van der Waals surface area contributed by atoms with Crippen LogP contribution in [0.4, 0.5) is 0 Å². The quantitative estimate of drug-likeness (QED) is 0.663. The van der Waals surface area contributed by atoms with Crippen molar-refractivity contribution < 1.29 is 14.9 Å². The van der Waals surface area contributed by atoms with Gasteiger partial charge in [0.25, 0.3) is 0 Å². The van der Waals surface area contributed by atoms with Crippen LogP contribution in [0.5, 0.6) is 0 Å². The molecule has 80 valence electrons. The number of hydrogen-bond donors (Lipinski definition) is 2. The van der Waals surface area contributed by atoms with E-state index in [1.165, 1.54) is 0 Å². The highest BCUT2D eigenvalue weighted by Gasteiger charge is 2.45. The molecule has 1 aliphatic rings. The summed E-state index contributed by atoms with van der Waals surface area (Å²) in [5.74, 6) is 0. The molecule has 1 saturated heterocycles. The Hall–Kier alpha value is -0.640. The van der Waals surface area contributed by atoms with Crippen LogP contribution in [-0.4, -0.2) is 34.6 Å². The Morgan fingerprint density at radius 1 is 1.64 bits per heavy atom. The topological polar surface area (TPSA) is 49.7 Å². The monoisotopic (exact) mass is 198 g/mol. The lowest BCUT2D eigenvalue weighted by Crippen LogP contribution is -2.43. The van der Waals surface area contributed by atoms with E-state index in [0.717, 1.165) is 6.42 Å². The first kappa shape index (κ1) is 11.4. The molecule has 0 aromatic rings. The molecule has 1 fully saturated rings. The van der Waals surface area contributed by atoms with Gasteiger partial charge in [0.1, 0.15) is 17.8 Å². The Kier molecular flexibility index (Phi) is 3.86. The maximum absolute atomic E-state index is 9.99. The van der Waals surface area contributed by atoms with Gasteiger partial charge < -0.3 is 14.9 Å². The first-order chi connectivity index (χ1) is 6.64.